The predicted octanol–water partition coefficient (Wildman–Crippen LogP) is 2.15. The van der Waals surface area contributed by atoms with Crippen molar-refractivity contribution in [3.8, 4) is 0 Å². The van der Waals surface area contributed by atoms with Gasteiger partial charge in [0.05, 0.1) is 23.2 Å². The van der Waals surface area contributed by atoms with Gasteiger partial charge in [0.2, 0.25) is 21.8 Å². The number of rotatable bonds is 8. The van der Waals surface area contributed by atoms with Crippen molar-refractivity contribution in [2.45, 2.75) is 56.3 Å². The lowest BCUT2D eigenvalue weighted by molar-refractivity contribution is -0.145. The standard InChI is InChI=1S/C24H30N2O7S/c27-21(17-8-10-18(11-9-17)34(31,32)25-13-4-1-5-14-25)16-33-22(28)12-15-26-23(29)19-6-2-3-7-20(19)24(26)30/h8-11,19-20H,1-7,12-16H2/t19-,20+. The molecule has 9 nitrogen and oxygen atoms in total. The number of ketones is 1. The third-order valence-corrected chi connectivity index (χ3v) is 8.88. The van der Waals surface area contributed by atoms with Crippen LogP contribution in [-0.2, 0) is 29.1 Å². The Morgan fingerprint density at radius 2 is 1.47 bits per heavy atom. The minimum Gasteiger partial charge on any atom is -0.457 e. The third kappa shape index (κ3) is 5.07. The molecule has 2 atom stereocenters. The first kappa shape index (κ1) is 24.5. The van der Waals surface area contributed by atoms with E-state index in [1.54, 1.807) is 0 Å². The highest BCUT2D eigenvalue weighted by atomic mass is 32.2. The Morgan fingerprint density at radius 3 is 2.06 bits per heavy atom. The SMILES string of the molecule is O=C(CCN1C(=O)[C@H]2CCCC[C@H]2C1=O)OCC(=O)c1ccc(S(=O)(=O)N2CCCCC2)cc1. The maximum atomic E-state index is 12.7. The van der Waals surface area contributed by atoms with Crippen molar-refractivity contribution in [1.29, 1.82) is 0 Å². The molecule has 0 N–H and O–H groups in total. The Balaban J connectivity index is 1.26. The van der Waals surface area contributed by atoms with Gasteiger partial charge in [0, 0.05) is 25.2 Å². The number of hydrogen-bond donors (Lipinski definition) is 0. The number of benzene rings is 1. The third-order valence-electron chi connectivity index (χ3n) is 6.97. The minimum absolute atomic E-state index is 0.0409. The molecule has 0 spiro atoms. The number of carbonyl (C=O) groups excluding carboxylic acids is 4. The van der Waals surface area contributed by atoms with Gasteiger partial charge in [-0.15, -0.1) is 0 Å². The lowest BCUT2D eigenvalue weighted by Crippen LogP contribution is -2.35. The molecule has 2 heterocycles. The highest BCUT2D eigenvalue weighted by molar-refractivity contribution is 7.89. The van der Waals surface area contributed by atoms with Gasteiger partial charge >= 0.3 is 5.97 Å². The fourth-order valence-electron chi connectivity index (χ4n) is 5.02. The molecule has 1 aromatic rings. The van der Waals surface area contributed by atoms with Crippen LogP contribution < -0.4 is 0 Å². The zero-order valence-corrected chi connectivity index (χ0v) is 19.9. The molecule has 2 aliphatic heterocycles. The largest absolute Gasteiger partial charge is 0.457 e. The first-order valence-corrected chi connectivity index (χ1v) is 13.4. The molecule has 0 bridgehead atoms. The molecule has 0 radical (unpaired) electrons. The van der Waals surface area contributed by atoms with E-state index >= 15 is 0 Å². The molecular formula is C24H30N2O7S. The maximum Gasteiger partial charge on any atom is 0.308 e. The average molecular weight is 491 g/mol. The number of nitrogens with zero attached hydrogens (tertiary/aromatic N) is 2. The molecule has 0 unspecified atom stereocenters. The van der Waals surface area contributed by atoms with Gasteiger partial charge in [-0.3, -0.25) is 24.1 Å². The number of Topliss-reactive ketones (excluding diaryl/α,β-unsaturated/α-hetero) is 1. The monoisotopic (exact) mass is 490 g/mol. The van der Waals surface area contributed by atoms with E-state index in [0.717, 1.165) is 37.0 Å². The van der Waals surface area contributed by atoms with Crippen LogP contribution in [0.2, 0.25) is 0 Å². The molecule has 2 saturated heterocycles. The number of hydrogen-bond acceptors (Lipinski definition) is 7. The van der Waals surface area contributed by atoms with Crippen LogP contribution in [0.15, 0.2) is 29.2 Å². The summed E-state index contributed by atoms with van der Waals surface area (Å²) >= 11 is 0. The van der Waals surface area contributed by atoms with E-state index in [1.165, 1.54) is 28.6 Å². The number of carbonyl (C=O) groups is 4. The Labute approximate surface area is 199 Å². The molecular weight excluding hydrogens is 460 g/mol. The zero-order chi connectivity index (χ0) is 24.3. The van der Waals surface area contributed by atoms with Gasteiger partial charge in [0.25, 0.3) is 0 Å². The van der Waals surface area contributed by atoms with Crippen molar-refractivity contribution < 1.29 is 32.3 Å². The number of ether oxygens (including phenoxy) is 1. The van der Waals surface area contributed by atoms with E-state index in [1.807, 2.05) is 0 Å². The fraction of sp³-hybridized carbons (Fsp3) is 0.583. The van der Waals surface area contributed by atoms with E-state index in [-0.39, 0.29) is 47.1 Å². The van der Waals surface area contributed by atoms with Crippen LogP contribution in [-0.4, -0.2) is 67.4 Å². The lowest BCUT2D eigenvalue weighted by Gasteiger charge is -2.25. The van der Waals surface area contributed by atoms with Crippen molar-refractivity contribution >= 4 is 33.6 Å². The van der Waals surface area contributed by atoms with Gasteiger partial charge in [-0.05, 0) is 49.9 Å². The Hall–Kier alpha value is -2.59. The highest BCUT2D eigenvalue weighted by Gasteiger charge is 2.47. The van der Waals surface area contributed by atoms with Crippen LogP contribution in [0.4, 0.5) is 0 Å². The van der Waals surface area contributed by atoms with Gasteiger partial charge in [-0.1, -0.05) is 19.3 Å². The van der Waals surface area contributed by atoms with Crippen LogP contribution in [0.1, 0.15) is 61.7 Å². The number of amides is 2. The number of fused-ring (bicyclic) bond motifs is 1. The van der Waals surface area contributed by atoms with Gasteiger partial charge in [0.15, 0.2) is 12.4 Å². The molecule has 3 fully saturated rings. The average Bonchev–Trinajstić information content (AvgIpc) is 3.11. The Bertz CT molecular complexity index is 1040. The number of esters is 1. The molecule has 2 amide bonds. The van der Waals surface area contributed by atoms with E-state index in [2.05, 4.69) is 0 Å². The predicted molar refractivity (Wildman–Crippen MR) is 121 cm³/mol. The molecule has 3 aliphatic rings. The quantitative estimate of drug-likeness (QED) is 0.311. The summed E-state index contributed by atoms with van der Waals surface area (Å²) in [6, 6.07) is 5.61. The zero-order valence-electron chi connectivity index (χ0n) is 19.1. The second-order valence-electron chi connectivity index (χ2n) is 9.15. The number of imide groups is 1. The fourth-order valence-corrected chi connectivity index (χ4v) is 6.54. The first-order valence-electron chi connectivity index (χ1n) is 11.9. The van der Waals surface area contributed by atoms with E-state index in [4.69, 9.17) is 4.74 Å². The van der Waals surface area contributed by atoms with Crippen molar-refractivity contribution in [3.05, 3.63) is 29.8 Å². The summed E-state index contributed by atoms with van der Waals surface area (Å²) in [5.74, 6) is -2.08. The van der Waals surface area contributed by atoms with Crippen LogP contribution in [0, 0.1) is 11.8 Å². The summed E-state index contributed by atoms with van der Waals surface area (Å²) in [6.45, 7) is 0.453. The van der Waals surface area contributed by atoms with Crippen LogP contribution in [0.25, 0.3) is 0 Å². The molecule has 34 heavy (non-hydrogen) atoms. The summed E-state index contributed by atoms with van der Waals surface area (Å²) < 4.78 is 31.9. The normalized spacial score (nSPS) is 23.6. The summed E-state index contributed by atoms with van der Waals surface area (Å²) in [5, 5.41) is 0. The Kier molecular flexibility index (Phi) is 7.47. The van der Waals surface area contributed by atoms with Crippen molar-refractivity contribution in [1.82, 2.24) is 9.21 Å². The molecule has 4 rings (SSSR count). The Morgan fingerprint density at radius 1 is 0.882 bits per heavy atom. The van der Waals surface area contributed by atoms with Gasteiger partial charge < -0.3 is 4.74 Å². The number of sulfonamides is 1. The van der Waals surface area contributed by atoms with E-state index in [0.29, 0.717) is 25.9 Å². The van der Waals surface area contributed by atoms with E-state index < -0.39 is 28.4 Å². The highest BCUT2D eigenvalue weighted by Crippen LogP contribution is 2.38. The summed E-state index contributed by atoms with van der Waals surface area (Å²) in [4.78, 5) is 50.7. The van der Waals surface area contributed by atoms with Gasteiger partial charge in [-0.2, -0.15) is 4.31 Å². The van der Waals surface area contributed by atoms with Crippen molar-refractivity contribution in [2.24, 2.45) is 11.8 Å². The summed E-state index contributed by atoms with van der Waals surface area (Å²) in [5.41, 5.74) is 0.236. The van der Waals surface area contributed by atoms with Gasteiger partial charge in [0.1, 0.15) is 0 Å². The van der Waals surface area contributed by atoms with E-state index in [9.17, 15) is 27.6 Å². The molecule has 0 aromatic heterocycles. The second kappa shape index (κ2) is 10.4. The molecule has 184 valence electrons. The van der Waals surface area contributed by atoms with Crippen molar-refractivity contribution in [3.63, 3.8) is 0 Å². The number of likely N-dealkylation sites (tertiary alicyclic amines) is 1. The molecule has 1 saturated carbocycles. The molecule has 1 aromatic carbocycles. The minimum atomic E-state index is -3.59. The second-order valence-corrected chi connectivity index (χ2v) is 11.1. The smallest absolute Gasteiger partial charge is 0.308 e. The van der Waals surface area contributed by atoms with Crippen LogP contribution >= 0.6 is 0 Å². The van der Waals surface area contributed by atoms with Gasteiger partial charge in [-0.25, -0.2) is 8.42 Å². The topological polar surface area (TPSA) is 118 Å². The first-order chi connectivity index (χ1) is 16.3. The number of piperidine rings is 1. The summed E-state index contributed by atoms with van der Waals surface area (Å²) in [7, 11) is -3.59. The lowest BCUT2D eigenvalue weighted by atomic mass is 9.81. The summed E-state index contributed by atoms with van der Waals surface area (Å²) in [6.07, 6.45) is 5.81. The van der Waals surface area contributed by atoms with Crippen molar-refractivity contribution in [2.75, 3.05) is 26.2 Å². The van der Waals surface area contributed by atoms with Crippen LogP contribution in [0.3, 0.4) is 0 Å². The molecule has 1 aliphatic carbocycles. The van der Waals surface area contributed by atoms with Crippen LogP contribution in [0.5, 0.6) is 0 Å². The molecule has 10 heteroatoms. The maximum absolute atomic E-state index is 12.7.